The number of phenols is 1. The van der Waals surface area contributed by atoms with Crippen LogP contribution in [0.4, 0.5) is 0 Å². The maximum absolute atomic E-state index is 13.3. The normalized spacial score (nSPS) is 14.5. The number of rotatable bonds is 20. The van der Waals surface area contributed by atoms with Gasteiger partial charge in [0.25, 0.3) is 0 Å². The third-order valence-corrected chi connectivity index (χ3v) is 7.13. The number of aliphatic imine (C=N–C) groups is 1. The lowest BCUT2D eigenvalue weighted by molar-refractivity contribution is -0.142. The minimum absolute atomic E-state index is 0.0377. The summed E-state index contributed by atoms with van der Waals surface area (Å²) in [5.41, 5.74) is 22.1. The Balaban J connectivity index is 3.07. The van der Waals surface area contributed by atoms with Gasteiger partial charge in [-0.25, -0.2) is 4.79 Å². The Kier molecular flexibility index (Phi) is 17.0. The van der Waals surface area contributed by atoms with Gasteiger partial charge in [-0.05, 0) is 50.3 Å². The standard InChI is InChI=1S/C30H48N10O9/c1-14(2)23(32)28(47)37-16(4)25(44)40-21(13-22(31)42)26(45)36-15(3)24(43)39-20(12-17-7-9-18(41)10-8-17)27(46)38-19(29(48)49)6-5-11-35-30(33)34/h7-10,14-16,19-21,23,41H,5-6,11-13,32H2,1-4H3,(H2,31,42)(H,36,45)(H,37,47)(H,38,46)(H,39,43)(H,40,44)(H,48,49)(H4,33,34,35)/t15-,16-,19-,20-,21-,23-/m0/s1. The fourth-order valence-corrected chi connectivity index (χ4v) is 4.17. The molecular formula is C30H48N10O9. The molecule has 0 fully saturated rings. The highest BCUT2D eigenvalue weighted by Gasteiger charge is 2.31. The lowest BCUT2D eigenvalue weighted by Crippen LogP contribution is -2.59. The molecule has 1 aromatic carbocycles. The predicted molar refractivity (Wildman–Crippen MR) is 177 cm³/mol. The molecule has 6 amide bonds. The van der Waals surface area contributed by atoms with Gasteiger partial charge in [0.15, 0.2) is 5.96 Å². The van der Waals surface area contributed by atoms with Crippen molar-refractivity contribution in [3.05, 3.63) is 29.8 Å². The molecule has 1 rings (SSSR count). The first-order valence-corrected chi connectivity index (χ1v) is 15.4. The van der Waals surface area contributed by atoms with Crippen LogP contribution in [-0.2, 0) is 40.0 Å². The molecule has 0 aromatic heterocycles. The molecule has 19 heteroatoms. The van der Waals surface area contributed by atoms with Gasteiger partial charge in [-0.15, -0.1) is 0 Å². The number of carbonyl (C=O) groups is 7. The first-order chi connectivity index (χ1) is 22.8. The van der Waals surface area contributed by atoms with E-state index in [2.05, 4.69) is 31.6 Å². The van der Waals surface area contributed by atoms with Crippen molar-refractivity contribution >= 4 is 47.4 Å². The smallest absolute Gasteiger partial charge is 0.326 e. The molecule has 0 aliphatic rings. The number of nitrogens with two attached hydrogens (primary N) is 4. The summed E-state index contributed by atoms with van der Waals surface area (Å²) in [5.74, 6) is -6.89. The summed E-state index contributed by atoms with van der Waals surface area (Å²) in [6.45, 7) is 6.16. The van der Waals surface area contributed by atoms with E-state index in [0.29, 0.717) is 5.56 Å². The zero-order valence-corrected chi connectivity index (χ0v) is 27.9. The number of amides is 6. The third kappa shape index (κ3) is 15.3. The molecule has 49 heavy (non-hydrogen) atoms. The fourth-order valence-electron chi connectivity index (χ4n) is 4.17. The first-order valence-electron chi connectivity index (χ1n) is 15.4. The molecule has 0 saturated heterocycles. The Bertz CT molecular complexity index is 1370. The molecule has 0 aliphatic heterocycles. The number of primary amides is 1. The van der Waals surface area contributed by atoms with Crippen molar-refractivity contribution in [2.45, 2.75) is 89.6 Å². The van der Waals surface area contributed by atoms with Gasteiger partial charge in [-0.3, -0.25) is 33.8 Å². The van der Waals surface area contributed by atoms with E-state index in [9.17, 15) is 43.8 Å². The molecule has 0 radical (unpaired) electrons. The average molecular weight is 693 g/mol. The third-order valence-electron chi connectivity index (χ3n) is 7.13. The van der Waals surface area contributed by atoms with Crippen LogP contribution in [0.5, 0.6) is 5.75 Å². The molecule has 19 nitrogen and oxygen atoms in total. The largest absolute Gasteiger partial charge is 0.508 e. The summed E-state index contributed by atoms with van der Waals surface area (Å²) < 4.78 is 0. The van der Waals surface area contributed by atoms with Gasteiger partial charge in [-0.1, -0.05) is 26.0 Å². The van der Waals surface area contributed by atoms with Gasteiger partial charge < -0.3 is 59.7 Å². The Morgan fingerprint density at radius 1 is 0.714 bits per heavy atom. The SMILES string of the molecule is CC(C)[C@H](N)C(=O)N[C@@H](C)C(=O)N[C@@H](CC(N)=O)C(=O)N[C@@H](C)C(=O)N[C@@H](Cc1ccc(O)cc1)C(=O)N[C@@H](CCCN=C(N)N)C(=O)O. The highest BCUT2D eigenvalue weighted by molar-refractivity contribution is 5.97. The monoisotopic (exact) mass is 692 g/mol. The maximum atomic E-state index is 13.3. The average Bonchev–Trinajstić information content (AvgIpc) is 3.01. The van der Waals surface area contributed by atoms with Gasteiger partial charge in [0.1, 0.15) is 36.0 Å². The van der Waals surface area contributed by atoms with Crippen molar-refractivity contribution in [3.63, 3.8) is 0 Å². The second kappa shape index (κ2) is 20.0. The lowest BCUT2D eigenvalue weighted by atomic mass is 10.0. The number of carbonyl (C=O) groups excluding carboxylic acids is 6. The zero-order chi connectivity index (χ0) is 37.4. The van der Waals surface area contributed by atoms with Gasteiger partial charge in [-0.2, -0.15) is 0 Å². The number of guanidine groups is 1. The number of phenolic OH excluding ortho intramolecular Hbond substituents is 1. The summed E-state index contributed by atoms with van der Waals surface area (Å²) in [4.78, 5) is 91.9. The number of carboxylic acid groups (broad SMARTS) is 1. The van der Waals surface area contributed by atoms with Crippen molar-refractivity contribution in [1.82, 2.24) is 26.6 Å². The van der Waals surface area contributed by atoms with Crippen molar-refractivity contribution in [2.75, 3.05) is 6.54 Å². The van der Waals surface area contributed by atoms with Crippen LogP contribution in [0.1, 0.15) is 52.5 Å². The first kappa shape index (κ1) is 41.6. The van der Waals surface area contributed by atoms with Crippen molar-refractivity contribution in [2.24, 2.45) is 33.8 Å². The Labute approximate surface area is 283 Å². The van der Waals surface area contributed by atoms with Crippen LogP contribution in [-0.4, -0.2) is 100 Å². The second-order valence-corrected chi connectivity index (χ2v) is 11.7. The van der Waals surface area contributed by atoms with Crippen molar-refractivity contribution < 1.29 is 43.8 Å². The molecule has 0 aliphatic carbocycles. The molecule has 0 heterocycles. The van der Waals surface area contributed by atoms with Crippen LogP contribution in [0.3, 0.4) is 0 Å². The van der Waals surface area contributed by atoms with E-state index < -0.39 is 84.1 Å². The Hall–Kier alpha value is -5.46. The predicted octanol–water partition coefficient (Wildman–Crippen LogP) is -3.60. The second-order valence-electron chi connectivity index (χ2n) is 11.7. The molecule has 0 bridgehead atoms. The quantitative estimate of drug-likeness (QED) is 0.0359. The molecule has 15 N–H and O–H groups in total. The topological polar surface area (TPSA) is 337 Å². The number of nitrogens with zero attached hydrogens (tertiary/aromatic N) is 1. The van der Waals surface area contributed by atoms with Crippen LogP contribution in [0.15, 0.2) is 29.3 Å². The molecule has 6 atom stereocenters. The number of hydrogen-bond acceptors (Lipinski definition) is 10. The lowest BCUT2D eigenvalue weighted by Gasteiger charge is -2.25. The highest BCUT2D eigenvalue weighted by Crippen LogP contribution is 2.12. The summed E-state index contributed by atoms with van der Waals surface area (Å²) in [6, 6.07) is -1.93. The van der Waals surface area contributed by atoms with E-state index >= 15 is 0 Å². The van der Waals surface area contributed by atoms with Gasteiger partial charge in [0, 0.05) is 13.0 Å². The minimum Gasteiger partial charge on any atom is -0.508 e. The maximum Gasteiger partial charge on any atom is 0.326 e. The molecular weight excluding hydrogens is 644 g/mol. The van der Waals surface area contributed by atoms with Crippen LogP contribution in [0.25, 0.3) is 0 Å². The zero-order valence-electron chi connectivity index (χ0n) is 27.9. The molecule has 272 valence electrons. The summed E-state index contributed by atoms with van der Waals surface area (Å²) in [5, 5.41) is 31.2. The van der Waals surface area contributed by atoms with Crippen LogP contribution in [0.2, 0.25) is 0 Å². The Morgan fingerprint density at radius 2 is 1.20 bits per heavy atom. The number of nitrogens with one attached hydrogen (secondary N) is 5. The summed E-state index contributed by atoms with van der Waals surface area (Å²) in [6.07, 6.45) is -0.607. The van der Waals surface area contributed by atoms with Gasteiger partial charge >= 0.3 is 5.97 Å². The minimum atomic E-state index is -1.54. The molecule has 0 unspecified atom stereocenters. The van der Waals surface area contributed by atoms with E-state index in [0.717, 1.165) is 0 Å². The Morgan fingerprint density at radius 3 is 1.69 bits per heavy atom. The van der Waals surface area contributed by atoms with Crippen LogP contribution >= 0.6 is 0 Å². The van der Waals surface area contributed by atoms with Crippen LogP contribution in [0, 0.1) is 5.92 Å². The molecule has 0 saturated carbocycles. The number of benzene rings is 1. The summed E-state index contributed by atoms with van der Waals surface area (Å²) >= 11 is 0. The van der Waals surface area contributed by atoms with E-state index in [1.54, 1.807) is 13.8 Å². The fraction of sp³-hybridized carbons (Fsp3) is 0.533. The number of aromatic hydroxyl groups is 1. The van der Waals surface area contributed by atoms with E-state index in [4.69, 9.17) is 22.9 Å². The highest BCUT2D eigenvalue weighted by atomic mass is 16.4. The van der Waals surface area contributed by atoms with E-state index in [1.165, 1.54) is 38.1 Å². The van der Waals surface area contributed by atoms with E-state index in [1.807, 2.05) is 0 Å². The van der Waals surface area contributed by atoms with Gasteiger partial charge in [0.2, 0.25) is 35.4 Å². The number of carboxylic acids is 1. The molecule has 1 aromatic rings. The van der Waals surface area contributed by atoms with Gasteiger partial charge in [0.05, 0.1) is 12.5 Å². The van der Waals surface area contributed by atoms with Crippen molar-refractivity contribution in [1.29, 1.82) is 0 Å². The van der Waals surface area contributed by atoms with E-state index in [-0.39, 0.29) is 43.4 Å². The number of aliphatic carboxylic acids is 1. The van der Waals surface area contributed by atoms with Crippen LogP contribution < -0.4 is 49.5 Å². The van der Waals surface area contributed by atoms with Crippen molar-refractivity contribution in [3.8, 4) is 5.75 Å². The number of hydrogen-bond donors (Lipinski definition) is 11. The molecule has 0 spiro atoms. The summed E-state index contributed by atoms with van der Waals surface area (Å²) in [7, 11) is 0.